The lowest BCUT2D eigenvalue weighted by Gasteiger charge is -2.16. The molecule has 0 bridgehead atoms. The van der Waals surface area contributed by atoms with Crippen molar-refractivity contribution in [3.8, 4) is 0 Å². The quantitative estimate of drug-likeness (QED) is 0.830. The Labute approximate surface area is 122 Å². The molecule has 1 aromatic rings. The van der Waals surface area contributed by atoms with Crippen molar-refractivity contribution in [2.45, 2.75) is 31.7 Å². The third kappa shape index (κ3) is 4.91. The predicted octanol–water partition coefficient (Wildman–Crippen LogP) is 2.38. The van der Waals surface area contributed by atoms with Gasteiger partial charge >= 0.3 is 0 Å². The summed E-state index contributed by atoms with van der Waals surface area (Å²) in [6.45, 7) is 5.97. The number of halogens is 1. The molecule has 0 aliphatic rings. The van der Waals surface area contributed by atoms with Gasteiger partial charge in [0, 0.05) is 12.3 Å². The molecule has 0 aliphatic heterocycles. The lowest BCUT2D eigenvalue weighted by molar-refractivity contribution is 0.189. The van der Waals surface area contributed by atoms with E-state index < -0.39 is 6.10 Å². The molecule has 0 amide bonds. The van der Waals surface area contributed by atoms with Crippen molar-refractivity contribution < 1.29 is 5.11 Å². The fraction of sp³-hybridized carbons (Fsp3) is 0.750. The molecule has 0 saturated carbocycles. The highest BCUT2D eigenvalue weighted by Crippen LogP contribution is 2.27. The minimum Gasteiger partial charge on any atom is -0.386 e. The maximum Gasteiger partial charge on any atom is 0.106 e. The van der Waals surface area contributed by atoms with Crippen LogP contribution in [0.4, 0.5) is 0 Å². The predicted molar refractivity (Wildman–Crippen MR) is 81.0 cm³/mol. The fourth-order valence-electron chi connectivity index (χ4n) is 1.54. The highest BCUT2D eigenvalue weighted by molar-refractivity contribution is 9.10. The van der Waals surface area contributed by atoms with Gasteiger partial charge in [0.2, 0.25) is 0 Å². The molecule has 0 saturated heterocycles. The van der Waals surface area contributed by atoms with Gasteiger partial charge in [-0.2, -0.15) is 16.9 Å². The number of thioether (sulfide) groups is 1. The molecule has 0 aliphatic carbocycles. The van der Waals surface area contributed by atoms with Crippen molar-refractivity contribution in [2.75, 3.05) is 26.4 Å². The molecule has 18 heavy (non-hydrogen) atoms. The van der Waals surface area contributed by atoms with Gasteiger partial charge in [-0.15, -0.1) is 0 Å². The van der Waals surface area contributed by atoms with E-state index in [1.165, 1.54) is 0 Å². The van der Waals surface area contributed by atoms with Crippen LogP contribution in [0.3, 0.4) is 0 Å². The third-order valence-electron chi connectivity index (χ3n) is 2.50. The second-order valence-electron chi connectivity index (χ2n) is 4.80. The zero-order valence-corrected chi connectivity index (χ0v) is 13.8. The van der Waals surface area contributed by atoms with Gasteiger partial charge in [-0.05, 0) is 35.3 Å². The van der Waals surface area contributed by atoms with Gasteiger partial charge in [0.1, 0.15) is 6.10 Å². The van der Waals surface area contributed by atoms with Gasteiger partial charge in [-0.1, -0.05) is 13.8 Å². The molecule has 6 heteroatoms. The molecular formula is C12H22BrN3OS. The first-order valence-corrected chi connectivity index (χ1v) is 7.91. The summed E-state index contributed by atoms with van der Waals surface area (Å²) in [5, 5.41) is 15.1. The van der Waals surface area contributed by atoms with Crippen LogP contribution >= 0.6 is 27.7 Å². The molecule has 1 N–H and O–H groups in total. The first kappa shape index (κ1) is 16.0. The van der Waals surface area contributed by atoms with Crippen molar-refractivity contribution in [1.82, 2.24) is 14.7 Å². The van der Waals surface area contributed by atoms with Crippen LogP contribution < -0.4 is 0 Å². The number of nitrogens with zero attached hydrogens (tertiary/aromatic N) is 3. The first-order valence-electron chi connectivity index (χ1n) is 6.07. The highest BCUT2D eigenvalue weighted by Gasteiger charge is 2.18. The minimum absolute atomic E-state index is 0.476. The van der Waals surface area contributed by atoms with E-state index in [-0.39, 0.29) is 0 Å². The average molecular weight is 336 g/mol. The van der Waals surface area contributed by atoms with Gasteiger partial charge in [-0.25, -0.2) is 0 Å². The Morgan fingerprint density at radius 2 is 2.17 bits per heavy atom. The Balaban J connectivity index is 2.70. The van der Waals surface area contributed by atoms with Gasteiger partial charge in [0.05, 0.1) is 22.9 Å². The van der Waals surface area contributed by atoms with E-state index >= 15 is 0 Å². The largest absolute Gasteiger partial charge is 0.386 e. The summed E-state index contributed by atoms with van der Waals surface area (Å²) in [6, 6.07) is 0. The smallest absolute Gasteiger partial charge is 0.106 e. The Morgan fingerprint density at radius 3 is 2.72 bits per heavy atom. The summed E-state index contributed by atoms with van der Waals surface area (Å²) in [7, 11) is 4.06. The highest BCUT2D eigenvalue weighted by atomic mass is 79.9. The number of aliphatic hydroxyl groups is 1. The molecule has 0 radical (unpaired) electrons. The van der Waals surface area contributed by atoms with Crippen molar-refractivity contribution in [2.24, 2.45) is 0 Å². The van der Waals surface area contributed by atoms with Crippen molar-refractivity contribution >= 4 is 27.7 Å². The van der Waals surface area contributed by atoms with Crippen LogP contribution in [0.15, 0.2) is 10.7 Å². The molecule has 1 aromatic heterocycles. The van der Waals surface area contributed by atoms with Crippen LogP contribution in [0, 0.1) is 0 Å². The van der Waals surface area contributed by atoms with E-state index in [2.05, 4.69) is 39.8 Å². The maximum absolute atomic E-state index is 10.3. The van der Waals surface area contributed by atoms with E-state index in [4.69, 9.17) is 0 Å². The molecule has 1 atom stereocenters. The summed E-state index contributed by atoms with van der Waals surface area (Å²) >= 11 is 5.22. The molecule has 0 aromatic carbocycles. The Hall–Kier alpha value is -0.0400. The number of hydrogen-bond acceptors (Lipinski definition) is 4. The Bertz CT molecular complexity index is 368. The van der Waals surface area contributed by atoms with Gasteiger partial charge in [0.25, 0.3) is 0 Å². The van der Waals surface area contributed by atoms with Crippen LogP contribution in [0.25, 0.3) is 0 Å². The lowest BCUT2D eigenvalue weighted by Crippen LogP contribution is -2.21. The fourth-order valence-corrected chi connectivity index (χ4v) is 2.82. The summed E-state index contributed by atoms with van der Waals surface area (Å²) in [6.07, 6.45) is 1.28. The number of aromatic nitrogens is 2. The molecule has 0 spiro atoms. The van der Waals surface area contributed by atoms with E-state index in [1.807, 2.05) is 18.8 Å². The summed E-state index contributed by atoms with van der Waals surface area (Å²) in [4.78, 5) is 2.11. The van der Waals surface area contributed by atoms with Gasteiger partial charge < -0.3 is 10.0 Å². The number of hydrogen-bond donors (Lipinski definition) is 1. The van der Waals surface area contributed by atoms with E-state index in [0.717, 1.165) is 23.3 Å². The lowest BCUT2D eigenvalue weighted by atomic mass is 10.3. The van der Waals surface area contributed by atoms with Crippen molar-refractivity contribution in [3.05, 3.63) is 16.4 Å². The van der Waals surface area contributed by atoms with E-state index in [1.54, 1.807) is 18.0 Å². The second kappa shape index (κ2) is 7.53. The zero-order valence-electron chi connectivity index (χ0n) is 11.4. The minimum atomic E-state index is -0.476. The summed E-state index contributed by atoms with van der Waals surface area (Å²) in [5.41, 5.74) is 0.880. The first-order chi connectivity index (χ1) is 8.41. The normalized spacial score (nSPS) is 13.6. The van der Waals surface area contributed by atoms with Gasteiger partial charge in [0.15, 0.2) is 0 Å². The molecule has 104 valence electrons. The van der Waals surface area contributed by atoms with Crippen molar-refractivity contribution in [3.63, 3.8) is 0 Å². The zero-order chi connectivity index (χ0) is 13.7. The van der Waals surface area contributed by atoms with Crippen molar-refractivity contribution in [1.29, 1.82) is 0 Å². The topological polar surface area (TPSA) is 41.3 Å². The maximum atomic E-state index is 10.3. The SMILES string of the molecule is CC(C)SCC(O)c1c(Br)cnn1CCN(C)C. The van der Waals surface area contributed by atoms with Crippen LogP contribution in [0.1, 0.15) is 25.6 Å². The number of likely N-dealkylation sites (N-methyl/N-ethyl adjacent to an activating group) is 1. The molecule has 1 rings (SSSR count). The molecule has 4 nitrogen and oxygen atoms in total. The monoisotopic (exact) mass is 335 g/mol. The molecule has 1 heterocycles. The Morgan fingerprint density at radius 1 is 1.50 bits per heavy atom. The van der Waals surface area contributed by atoms with E-state index in [0.29, 0.717) is 11.0 Å². The second-order valence-corrected chi connectivity index (χ2v) is 7.27. The molecule has 0 fully saturated rings. The van der Waals surface area contributed by atoms with Crippen LogP contribution in [0.5, 0.6) is 0 Å². The third-order valence-corrected chi connectivity index (χ3v) is 4.28. The average Bonchev–Trinajstić information content (AvgIpc) is 2.64. The number of rotatable bonds is 7. The molecule has 1 unspecified atom stereocenters. The van der Waals surface area contributed by atoms with E-state index in [9.17, 15) is 5.11 Å². The van der Waals surface area contributed by atoms with Crippen LogP contribution in [-0.2, 0) is 6.54 Å². The summed E-state index contributed by atoms with van der Waals surface area (Å²) in [5.74, 6) is 0.698. The summed E-state index contributed by atoms with van der Waals surface area (Å²) < 4.78 is 2.77. The van der Waals surface area contributed by atoms with Crippen LogP contribution in [-0.4, -0.2) is 51.4 Å². The number of aliphatic hydroxyl groups excluding tert-OH is 1. The Kier molecular flexibility index (Phi) is 6.70. The van der Waals surface area contributed by atoms with Crippen LogP contribution in [0.2, 0.25) is 0 Å². The molecular weight excluding hydrogens is 314 g/mol. The standard InChI is InChI=1S/C12H22BrN3OS/c1-9(2)18-8-11(17)12-10(13)7-14-16(12)6-5-15(3)4/h7,9,11,17H,5-6,8H2,1-4H3. The van der Waals surface area contributed by atoms with Gasteiger partial charge in [-0.3, -0.25) is 4.68 Å².